The molecular formula is C21H14F2N2O2. The van der Waals surface area contributed by atoms with E-state index >= 15 is 0 Å². The minimum absolute atomic E-state index is 0.117. The first-order chi connectivity index (χ1) is 13.1. The molecule has 0 aliphatic rings. The highest BCUT2D eigenvalue weighted by molar-refractivity contribution is 5.97. The van der Waals surface area contributed by atoms with Crippen molar-refractivity contribution in [2.24, 2.45) is 0 Å². The molecule has 27 heavy (non-hydrogen) atoms. The molecule has 4 rings (SSSR count). The first-order valence-electron chi connectivity index (χ1n) is 8.30. The fraction of sp³-hybridized carbons (Fsp3) is 0.0476. The number of para-hydroxylation sites is 2. The third-order valence-electron chi connectivity index (χ3n) is 4.41. The molecule has 6 heteroatoms. The molecule has 4 aromatic rings. The number of amides is 1. The van der Waals surface area contributed by atoms with E-state index in [1.807, 2.05) is 0 Å². The van der Waals surface area contributed by atoms with Crippen molar-refractivity contribution < 1.29 is 13.6 Å². The Morgan fingerprint density at radius 2 is 1.44 bits per heavy atom. The quantitative estimate of drug-likeness (QED) is 0.557. The molecule has 0 aliphatic carbocycles. The van der Waals surface area contributed by atoms with Crippen LogP contribution in [-0.2, 0) is 11.3 Å². The van der Waals surface area contributed by atoms with E-state index in [0.717, 1.165) is 6.07 Å². The lowest BCUT2D eigenvalue weighted by atomic mass is 10.1. The molecule has 0 spiro atoms. The predicted octanol–water partition coefficient (Wildman–Crippen LogP) is 4.07. The zero-order valence-corrected chi connectivity index (χ0v) is 14.1. The van der Waals surface area contributed by atoms with Gasteiger partial charge in [-0.1, -0.05) is 30.3 Å². The molecule has 3 aromatic carbocycles. The number of aromatic nitrogens is 1. The van der Waals surface area contributed by atoms with Crippen molar-refractivity contribution in [2.75, 3.05) is 5.32 Å². The minimum Gasteiger partial charge on any atom is -0.331 e. The molecule has 0 saturated carbocycles. The van der Waals surface area contributed by atoms with E-state index in [9.17, 15) is 18.4 Å². The van der Waals surface area contributed by atoms with Crippen molar-refractivity contribution >= 4 is 33.4 Å². The number of hydrogen-bond acceptors (Lipinski definition) is 2. The van der Waals surface area contributed by atoms with Crippen molar-refractivity contribution in [1.82, 2.24) is 4.57 Å². The monoisotopic (exact) mass is 364 g/mol. The van der Waals surface area contributed by atoms with E-state index in [-0.39, 0.29) is 17.7 Å². The van der Waals surface area contributed by atoms with E-state index in [2.05, 4.69) is 5.32 Å². The SMILES string of the molecule is O=C(Cn1c2ccccc2c(=O)c2ccccc21)Nc1cccc(F)c1F. The van der Waals surface area contributed by atoms with Gasteiger partial charge in [-0.3, -0.25) is 9.59 Å². The first kappa shape index (κ1) is 16.9. The van der Waals surface area contributed by atoms with E-state index in [0.29, 0.717) is 21.8 Å². The van der Waals surface area contributed by atoms with Crippen LogP contribution in [0.2, 0.25) is 0 Å². The number of nitrogens with zero attached hydrogens (tertiary/aromatic N) is 1. The second-order valence-electron chi connectivity index (χ2n) is 6.10. The summed E-state index contributed by atoms with van der Waals surface area (Å²) in [7, 11) is 0. The molecule has 0 bridgehead atoms. The minimum atomic E-state index is -1.11. The van der Waals surface area contributed by atoms with Gasteiger partial charge in [-0.25, -0.2) is 8.78 Å². The molecule has 134 valence electrons. The van der Waals surface area contributed by atoms with E-state index < -0.39 is 17.5 Å². The molecule has 0 atom stereocenters. The van der Waals surface area contributed by atoms with Gasteiger partial charge >= 0.3 is 0 Å². The zero-order chi connectivity index (χ0) is 19.0. The van der Waals surface area contributed by atoms with Crippen LogP contribution in [0.15, 0.2) is 71.5 Å². The molecule has 1 aromatic heterocycles. The second-order valence-corrected chi connectivity index (χ2v) is 6.10. The van der Waals surface area contributed by atoms with Crippen LogP contribution < -0.4 is 10.7 Å². The number of pyridine rings is 1. The van der Waals surface area contributed by atoms with Crippen molar-refractivity contribution in [1.29, 1.82) is 0 Å². The van der Waals surface area contributed by atoms with Gasteiger partial charge in [0.25, 0.3) is 0 Å². The number of anilines is 1. The van der Waals surface area contributed by atoms with Crippen LogP contribution in [0.25, 0.3) is 21.8 Å². The van der Waals surface area contributed by atoms with Gasteiger partial charge in [0, 0.05) is 10.8 Å². The number of hydrogen-bond donors (Lipinski definition) is 1. The zero-order valence-electron chi connectivity index (χ0n) is 14.1. The highest BCUT2D eigenvalue weighted by Crippen LogP contribution is 2.20. The van der Waals surface area contributed by atoms with E-state index in [1.54, 1.807) is 53.1 Å². The topological polar surface area (TPSA) is 51.1 Å². The van der Waals surface area contributed by atoms with Gasteiger partial charge in [0.2, 0.25) is 5.91 Å². The maximum Gasteiger partial charge on any atom is 0.244 e. The number of fused-ring (bicyclic) bond motifs is 2. The van der Waals surface area contributed by atoms with Crippen LogP contribution >= 0.6 is 0 Å². The van der Waals surface area contributed by atoms with Crippen LogP contribution in [0.5, 0.6) is 0 Å². The molecule has 1 amide bonds. The predicted molar refractivity (Wildman–Crippen MR) is 101 cm³/mol. The van der Waals surface area contributed by atoms with Crippen molar-refractivity contribution in [3.05, 3.63) is 88.6 Å². The summed E-state index contributed by atoms with van der Waals surface area (Å²) in [5.74, 6) is -2.68. The molecule has 0 radical (unpaired) electrons. The van der Waals surface area contributed by atoms with E-state index in [4.69, 9.17) is 0 Å². The summed E-state index contributed by atoms with van der Waals surface area (Å²) >= 11 is 0. The lowest BCUT2D eigenvalue weighted by Gasteiger charge is -2.15. The largest absolute Gasteiger partial charge is 0.331 e. The number of carbonyl (C=O) groups excluding carboxylic acids is 1. The molecule has 4 nitrogen and oxygen atoms in total. The highest BCUT2D eigenvalue weighted by atomic mass is 19.2. The Morgan fingerprint density at radius 1 is 0.852 bits per heavy atom. The summed E-state index contributed by atoms with van der Waals surface area (Å²) in [5, 5.41) is 3.36. The molecule has 0 aliphatic heterocycles. The van der Waals surface area contributed by atoms with Crippen LogP contribution in [0, 0.1) is 11.6 Å². The number of rotatable bonds is 3. The van der Waals surface area contributed by atoms with Gasteiger partial charge in [-0.05, 0) is 36.4 Å². The molecular weight excluding hydrogens is 350 g/mol. The maximum atomic E-state index is 13.8. The Kier molecular flexibility index (Phi) is 4.16. The van der Waals surface area contributed by atoms with Gasteiger partial charge in [0.1, 0.15) is 6.54 Å². The third kappa shape index (κ3) is 2.95. The Bertz CT molecular complexity index is 1190. The lowest BCUT2D eigenvalue weighted by molar-refractivity contribution is -0.116. The van der Waals surface area contributed by atoms with Gasteiger partial charge in [-0.15, -0.1) is 0 Å². The standard InChI is InChI=1S/C21H14F2N2O2/c22-15-8-5-9-16(20(15)23)24-19(26)12-25-17-10-3-1-6-13(17)21(27)14-7-2-4-11-18(14)25/h1-11H,12H2,(H,24,26). The Labute approximate surface area is 152 Å². The molecule has 1 N–H and O–H groups in total. The fourth-order valence-corrected chi connectivity index (χ4v) is 3.18. The number of nitrogens with one attached hydrogen (secondary N) is 1. The Balaban J connectivity index is 1.81. The van der Waals surface area contributed by atoms with Crippen molar-refractivity contribution in [2.45, 2.75) is 6.54 Å². The normalized spacial score (nSPS) is 11.0. The molecule has 1 heterocycles. The second kappa shape index (κ2) is 6.64. The summed E-state index contributed by atoms with van der Waals surface area (Å²) in [4.78, 5) is 25.2. The van der Waals surface area contributed by atoms with Gasteiger partial charge in [0.05, 0.1) is 16.7 Å². The fourth-order valence-electron chi connectivity index (χ4n) is 3.18. The average molecular weight is 364 g/mol. The third-order valence-corrected chi connectivity index (χ3v) is 4.41. The average Bonchev–Trinajstić information content (AvgIpc) is 2.69. The molecule has 0 saturated heterocycles. The summed E-state index contributed by atoms with van der Waals surface area (Å²) in [5.41, 5.74) is 0.843. The van der Waals surface area contributed by atoms with Gasteiger partial charge in [-0.2, -0.15) is 0 Å². The van der Waals surface area contributed by atoms with Crippen LogP contribution in [0.3, 0.4) is 0 Å². The van der Waals surface area contributed by atoms with Crippen molar-refractivity contribution in [3.8, 4) is 0 Å². The number of halogens is 2. The summed E-state index contributed by atoms with van der Waals surface area (Å²) in [6.07, 6.45) is 0. The lowest BCUT2D eigenvalue weighted by Crippen LogP contribution is -2.22. The highest BCUT2D eigenvalue weighted by Gasteiger charge is 2.15. The summed E-state index contributed by atoms with van der Waals surface area (Å²) < 4.78 is 28.9. The van der Waals surface area contributed by atoms with Gasteiger partial charge in [0.15, 0.2) is 17.1 Å². The Morgan fingerprint density at radius 3 is 2.07 bits per heavy atom. The summed E-state index contributed by atoms with van der Waals surface area (Å²) in [6.45, 7) is -0.155. The van der Waals surface area contributed by atoms with Gasteiger partial charge < -0.3 is 9.88 Å². The van der Waals surface area contributed by atoms with Crippen molar-refractivity contribution in [3.63, 3.8) is 0 Å². The smallest absolute Gasteiger partial charge is 0.244 e. The molecule has 0 unspecified atom stereocenters. The van der Waals surface area contributed by atoms with Crippen LogP contribution in [-0.4, -0.2) is 10.5 Å². The van der Waals surface area contributed by atoms with Crippen LogP contribution in [0.1, 0.15) is 0 Å². The number of carbonyl (C=O) groups is 1. The number of benzene rings is 3. The first-order valence-corrected chi connectivity index (χ1v) is 8.30. The Hall–Kier alpha value is -3.54. The summed E-state index contributed by atoms with van der Waals surface area (Å²) in [6, 6.07) is 17.5. The van der Waals surface area contributed by atoms with Crippen LogP contribution in [0.4, 0.5) is 14.5 Å². The maximum absolute atomic E-state index is 13.8. The van der Waals surface area contributed by atoms with E-state index in [1.165, 1.54) is 12.1 Å². The molecule has 0 fully saturated rings.